The van der Waals surface area contributed by atoms with Crippen LogP contribution in [-0.4, -0.2) is 23.9 Å². The molecule has 24 heavy (non-hydrogen) atoms. The maximum atomic E-state index is 12.0. The van der Waals surface area contributed by atoms with Crippen LogP contribution in [0.25, 0.3) is 5.76 Å². The molecule has 0 aliphatic carbocycles. The fourth-order valence-corrected chi connectivity index (χ4v) is 2.14. The van der Waals surface area contributed by atoms with Gasteiger partial charge in [-0.2, -0.15) is 0 Å². The zero-order valence-corrected chi connectivity index (χ0v) is 13.9. The molecule has 2 aromatic rings. The molecule has 0 aromatic heterocycles. The summed E-state index contributed by atoms with van der Waals surface area (Å²) in [6, 6.07) is 11.5. The van der Waals surface area contributed by atoms with Crippen molar-refractivity contribution >= 4 is 34.7 Å². The van der Waals surface area contributed by atoms with Crippen molar-refractivity contribution in [2.24, 2.45) is 0 Å². The topological polar surface area (TPSA) is 75.6 Å². The molecule has 0 bridgehead atoms. The molecule has 0 saturated heterocycles. The van der Waals surface area contributed by atoms with E-state index in [1.54, 1.807) is 49.4 Å². The van der Waals surface area contributed by atoms with E-state index < -0.39 is 11.7 Å². The number of nitrogens with one attached hydrogen (secondary N) is 1. The minimum absolute atomic E-state index is 0.322. The molecule has 124 valence electrons. The van der Waals surface area contributed by atoms with Gasteiger partial charge in [-0.3, -0.25) is 9.59 Å². The van der Waals surface area contributed by atoms with E-state index in [2.05, 4.69) is 5.32 Å². The number of amides is 1. The number of methoxy groups -OCH3 is 1. The number of aliphatic hydroxyl groups excluding tert-OH is 1. The zero-order chi connectivity index (χ0) is 17.7. The Hall–Kier alpha value is -2.79. The van der Waals surface area contributed by atoms with Crippen LogP contribution < -0.4 is 10.1 Å². The molecule has 2 N–H and O–H groups in total. The standard InChI is InChI=1S/C18H16ClNO4/c1-11-6-7-13(19)9-15(11)20-18(23)17(22)10-16(21)12-4-3-5-14(8-12)24-2/h3-10,21H,1-2H3,(H,20,23). The van der Waals surface area contributed by atoms with Crippen molar-refractivity contribution in [3.63, 3.8) is 0 Å². The summed E-state index contributed by atoms with van der Waals surface area (Å²) in [5.74, 6) is -1.54. The molecule has 0 fully saturated rings. The Balaban J connectivity index is 2.15. The van der Waals surface area contributed by atoms with Gasteiger partial charge in [0.25, 0.3) is 5.91 Å². The summed E-state index contributed by atoms with van der Waals surface area (Å²) in [5.41, 5.74) is 1.58. The van der Waals surface area contributed by atoms with Crippen LogP contribution in [0.5, 0.6) is 5.75 Å². The van der Waals surface area contributed by atoms with Crippen LogP contribution in [0.2, 0.25) is 5.02 Å². The van der Waals surface area contributed by atoms with Gasteiger partial charge in [-0.25, -0.2) is 0 Å². The smallest absolute Gasteiger partial charge is 0.296 e. The number of anilines is 1. The highest BCUT2D eigenvalue weighted by molar-refractivity contribution is 6.45. The third kappa shape index (κ3) is 4.36. The van der Waals surface area contributed by atoms with Gasteiger partial charge in [0, 0.05) is 22.3 Å². The second-order valence-corrected chi connectivity index (χ2v) is 5.48. The molecule has 0 radical (unpaired) electrons. The number of aryl methyl sites for hydroxylation is 1. The van der Waals surface area contributed by atoms with Crippen LogP contribution in [0, 0.1) is 6.92 Å². The molecule has 0 spiro atoms. The lowest BCUT2D eigenvalue weighted by atomic mass is 10.1. The average molecular weight is 346 g/mol. The molecule has 0 unspecified atom stereocenters. The van der Waals surface area contributed by atoms with E-state index in [0.29, 0.717) is 22.0 Å². The van der Waals surface area contributed by atoms with Gasteiger partial charge >= 0.3 is 0 Å². The fourth-order valence-electron chi connectivity index (χ4n) is 1.97. The number of halogens is 1. The number of ether oxygens (including phenoxy) is 1. The second-order valence-electron chi connectivity index (χ2n) is 5.04. The summed E-state index contributed by atoms with van der Waals surface area (Å²) in [7, 11) is 1.49. The quantitative estimate of drug-likeness (QED) is 0.491. The predicted molar refractivity (Wildman–Crippen MR) is 93.4 cm³/mol. The first-order valence-electron chi connectivity index (χ1n) is 7.07. The first-order chi connectivity index (χ1) is 11.4. The minimum atomic E-state index is -0.880. The molecular formula is C18H16ClNO4. The van der Waals surface area contributed by atoms with Crippen LogP contribution >= 0.6 is 11.6 Å². The maximum Gasteiger partial charge on any atom is 0.296 e. The molecule has 0 aliphatic heterocycles. The summed E-state index contributed by atoms with van der Waals surface area (Å²) in [6.45, 7) is 1.78. The van der Waals surface area contributed by atoms with Gasteiger partial charge in [0.05, 0.1) is 7.11 Å². The average Bonchev–Trinajstić information content (AvgIpc) is 2.58. The third-order valence-electron chi connectivity index (χ3n) is 3.30. The van der Waals surface area contributed by atoms with Gasteiger partial charge in [0.15, 0.2) is 0 Å². The van der Waals surface area contributed by atoms with Crippen molar-refractivity contribution in [1.29, 1.82) is 0 Å². The Bertz CT molecular complexity index is 814. The van der Waals surface area contributed by atoms with E-state index in [4.69, 9.17) is 16.3 Å². The van der Waals surface area contributed by atoms with E-state index >= 15 is 0 Å². The van der Waals surface area contributed by atoms with E-state index in [9.17, 15) is 14.7 Å². The lowest BCUT2D eigenvalue weighted by molar-refractivity contribution is -0.131. The zero-order valence-electron chi connectivity index (χ0n) is 13.2. The fraction of sp³-hybridized carbons (Fsp3) is 0.111. The molecule has 2 aromatic carbocycles. The second kappa shape index (κ2) is 7.66. The monoisotopic (exact) mass is 345 g/mol. The SMILES string of the molecule is COc1cccc(C(O)=CC(=O)C(=O)Nc2cc(Cl)ccc2C)c1. The van der Waals surface area contributed by atoms with Crippen LogP contribution in [0.3, 0.4) is 0 Å². The van der Waals surface area contributed by atoms with Crippen LogP contribution in [0.1, 0.15) is 11.1 Å². The summed E-state index contributed by atoms with van der Waals surface area (Å²) < 4.78 is 5.05. The number of carbonyl (C=O) groups excluding carboxylic acids is 2. The van der Waals surface area contributed by atoms with Crippen molar-refractivity contribution < 1.29 is 19.4 Å². The van der Waals surface area contributed by atoms with Gasteiger partial charge in [-0.1, -0.05) is 29.8 Å². The lowest BCUT2D eigenvalue weighted by Gasteiger charge is -2.07. The third-order valence-corrected chi connectivity index (χ3v) is 3.54. The molecule has 5 nitrogen and oxygen atoms in total. The number of aliphatic hydroxyl groups is 1. The number of hydrogen-bond donors (Lipinski definition) is 2. The Kier molecular flexibility index (Phi) is 5.60. The largest absolute Gasteiger partial charge is 0.507 e. The lowest BCUT2D eigenvalue weighted by Crippen LogP contribution is -2.21. The van der Waals surface area contributed by atoms with E-state index in [0.717, 1.165) is 11.6 Å². The molecule has 2 rings (SSSR count). The Morgan fingerprint density at radius 2 is 1.96 bits per heavy atom. The Morgan fingerprint density at radius 1 is 1.21 bits per heavy atom. The molecule has 1 amide bonds. The summed E-state index contributed by atoms with van der Waals surface area (Å²) in [4.78, 5) is 24.0. The van der Waals surface area contributed by atoms with E-state index in [1.165, 1.54) is 7.11 Å². The molecule has 0 saturated carbocycles. The van der Waals surface area contributed by atoms with Crippen molar-refractivity contribution in [1.82, 2.24) is 0 Å². The van der Waals surface area contributed by atoms with E-state index in [-0.39, 0.29) is 5.76 Å². The molecule has 0 aliphatic rings. The van der Waals surface area contributed by atoms with Crippen LogP contribution in [0.15, 0.2) is 48.5 Å². The van der Waals surface area contributed by atoms with E-state index in [1.807, 2.05) is 0 Å². The Morgan fingerprint density at radius 3 is 2.67 bits per heavy atom. The number of ketones is 1. The van der Waals surface area contributed by atoms with Gasteiger partial charge in [0.2, 0.25) is 5.78 Å². The number of benzene rings is 2. The highest BCUT2D eigenvalue weighted by Crippen LogP contribution is 2.21. The molecule has 0 atom stereocenters. The van der Waals surface area contributed by atoms with Crippen molar-refractivity contribution in [3.8, 4) is 5.75 Å². The number of hydrogen-bond acceptors (Lipinski definition) is 4. The van der Waals surface area contributed by atoms with Gasteiger partial charge < -0.3 is 15.2 Å². The van der Waals surface area contributed by atoms with Gasteiger partial charge in [-0.05, 0) is 36.8 Å². The minimum Gasteiger partial charge on any atom is -0.507 e. The first kappa shape index (κ1) is 17.6. The van der Waals surface area contributed by atoms with Crippen LogP contribution in [-0.2, 0) is 9.59 Å². The highest BCUT2D eigenvalue weighted by Gasteiger charge is 2.14. The summed E-state index contributed by atoms with van der Waals surface area (Å²) >= 11 is 5.87. The van der Waals surface area contributed by atoms with Gasteiger partial charge in [-0.15, -0.1) is 0 Å². The van der Waals surface area contributed by atoms with Crippen molar-refractivity contribution in [3.05, 3.63) is 64.7 Å². The van der Waals surface area contributed by atoms with Crippen LogP contribution in [0.4, 0.5) is 5.69 Å². The molecular weight excluding hydrogens is 330 g/mol. The summed E-state index contributed by atoms with van der Waals surface area (Å²) in [6.07, 6.45) is 0.865. The summed E-state index contributed by atoms with van der Waals surface area (Å²) in [5, 5.41) is 12.9. The highest BCUT2D eigenvalue weighted by atomic mass is 35.5. The molecule has 0 heterocycles. The van der Waals surface area contributed by atoms with Gasteiger partial charge in [0.1, 0.15) is 11.5 Å². The normalized spacial score (nSPS) is 11.0. The first-order valence-corrected chi connectivity index (χ1v) is 7.45. The molecule has 6 heteroatoms. The van der Waals surface area contributed by atoms with Crippen molar-refractivity contribution in [2.45, 2.75) is 6.92 Å². The number of carbonyl (C=O) groups is 2. The predicted octanol–water partition coefficient (Wildman–Crippen LogP) is 3.76. The number of rotatable bonds is 5. The van der Waals surface area contributed by atoms with Crippen molar-refractivity contribution in [2.75, 3.05) is 12.4 Å². The Labute approximate surface area is 144 Å². The maximum absolute atomic E-state index is 12.0.